The molecule has 12 nitrogen and oxygen atoms in total. The predicted octanol–water partition coefficient (Wildman–Crippen LogP) is 5.11. The smallest absolute Gasteiger partial charge is 0.407 e. The van der Waals surface area contributed by atoms with Crippen LogP contribution in [0.15, 0.2) is 60.7 Å². The second-order valence-electron chi connectivity index (χ2n) is 10.6. The van der Waals surface area contributed by atoms with Gasteiger partial charge in [0.2, 0.25) is 0 Å². The number of hydrogen-bond acceptors (Lipinski definition) is 11. The highest BCUT2D eigenvalue weighted by Crippen LogP contribution is 2.30. The molecule has 1 amide bonds. The largest absolute Gasteiger partial charge is 0.456 e. The number of alkyl carbamates (subject to hydrolysis) is 1. The van der Waals surface area contributed by atoms with Crippen LogP contribution >= 0.6 is 8.25 Å². The number of rotatable bonds is 19. The Morgan fingerprint density at radius 1 is 0.978 bits per heavy atom. The summed E-state index contributed by atoms with van der Waals surface area (Å²) < 4.78 is 39.5. The molecule has 0 radical (unpaired) electrons. The number of ether oxygens (including phenoxy) is 3. The lowest BCUT2D eigenvalue weighted by Gasteiger charge is -2.20. The SMILES string of the molecule is CCCCC(CO[PH](=O)OC(CCCCNC(=O)OCc1ccccc1)C(=O)OC(=O)[C@@H]1CCCN1)OC(=O)c1ccccc1. The van der Waals surface area contributed by atoms with Crippen LogP contribution in [0.1, 0.15) is 74.2 Å². The second-order valence-corrected chi connectivity index (χ2v) is 11.6. The minimum Gasteiger partial charge on any atom is -0.456 e. The maximum atomic E-state index is 12.9. The third-order valence-electron chi connectivity index (χ3n) is 6.97. The van der Waals surface area contributed by atoms with Gasteiger partial charge in [0.15, 0.2) is 6.10 Å². The van der Waals surface area contributed by atoms with E-state index < -0.39 is 50.5 Å². The van der Waals surface area contributed by atoms with E-state index in [4.69, 9.17) is 23.3 Å². The van der Waals surface area contributed by atoms with Gasteiger partial charge in [0, 0.05) is 6.54 Å². The molecule has 1 aliphatic heterocycles. The molecule has 1 aliphatic rings. The lowest BCUT2D eigenvalue weighted by molar-refractivity contribution is -0.166. The summed E-state index contributed by atoms with van der Waals surface area (Å²) in [5.74, 6) is -2.22. The van der Waals surface area contributed by atoms with E-state index in [9.17, 15) is 23.7 Å². The Balaban J connectivity index is 1.49. The molecule has 1 fully saturated rings. The fraction of sp³-hybridized carbons (Fsp3) is 0.500. The monoisotopic (exact) mass is 646 g/mol. The fourth-order valence-electron chi connectivity index (χ4n) is 4.48. The van der Waals surface area contributed by atoms with Crippen molar-refractivity contribution in [1.29, 1.82) is 0 Å². The normalized spacial score (nSPS) is 16.2. The van der Waals surface area contributed by atoms with Crippen molar-refractivity contribution in [3.05, 3.63) is 71.8 Å². The van der Waals surface area contributed by atoms with Gasteiger partial charge in [-0.05, 0) is 69.2 Å². The Morgan fingerprint density at radius 2 is 1.71 bits per heavy atom. The number of amides is 1. The molecule has 45 heavy (non-hydrogen) atoms. The van der Waals surface area contributed by atoms with Crippen molar-refractivity contribution in [2.45, 2.75) is 83.1 Å². The summed E-state index contributed by atoms with van der Waals surface area (Å²) in [6.45, 7) is 2.84. The maximum Gasteiger partial charge on any atom is 0.407 e. The van der Waals surface area contributed by atoms with E-state index in [1.54, 1.807) is 30.3 Å². The van der Waals surface area contributed by atoms with Crippen LogP contribution in [0.25, 0.3) is 0 Å². The number of hydrogen-bond donors (Lipinski definition) is 2. The van der Waals surface area contributed by atoms with Crippen molar-refractivity contribution in [3.63, 3.8) is 0 Å². The highest BCUT2D eigenvalue weighted by atomic mass is 31.1. The van der Waals surface area contributed by atoms with Crippen LogP contribution in [0.2, 0.25) is 0 Å². The van der Waals surface area contributed by atoms with Gasteiger partial charge in [-0.3, -0.25) is 9.09 Å². The van der Waals surface area contributed by atoms with Crippen LogP contribution in [0, 0.1) is 0 Å². The van der Waals surface area contributed by atoms with Crippen LogP contribution in [-0.2, 0) is 44.0 Å². The highest BCUT2D eigenvalue weighted by molar-refractivity contribution is 7.33. The first-order valence-corrected chi connectivity index (χ1v) is 16.6. The minimum atomic E-state index is -3.25. The van der Waals surface area contributed by atoms with E-state index in [0.29, 0.717) is 37.8 Å². The second kappa shape index (κ2) is 20.5. The Bertz CT molecular complexity index is 1220. The Labute approximate surface area is 264 Å². The average Bonchev–Trinajstić information content (AvgIpc) is 3.61. The van der Waals surface area contributed by atoms with Crippen LogP contribution in [0.3, 0.4) is 0 Å². The van der Waals surface area contributed by atoms with Gasteiger partial charge in [0.25, 0.3) is 0 Å². The van der Waals surface area contributed by atoms with E-state index in [1.165, 1.54) is 0 Å². The third-order valence-corrected chi connectivity index (χ3v) is 7.85. The van der Waals surface area contributed by atoms with E-state index in [-0.39, 0.29) is 26.2 Å². The standard InChI is InChI=1S/C32H43N2O10P/c1-2-3-17-26(42-29(35)25-15-8-5-9-16-25)23-41-45(39)44-28(31(37)43-30(36)27-18-12-21-33-27)19-10-11-20-34-32(38)40-22-24-13-6-4-7-14-24/h4-9,13-16,26-28,33,45H,2-3,10-12,17-23H2,1H3,(H,34,38)/t26?,27-,28?/m0/s1. The first-order valence-electron chi connectivity index (χ1n) is 15.4. The predicted molar refractivity (Wildman–Crippen MR) is 166 cm³/mol. The van der Waals surface area contributed by atoms with Gasteiger partial charge in [0.05, 0.1) is 12.2 Å². The molecule has 4 atom stereocenters. The zero-order chi connectivity index (χ0) is 32.3. The Hall–Kier alpha value is -3.57. The molecule has 3 rings (SSSR count). The molecule has 246 valence electrons. The van der Waals surface area contributed by atoms with Crippen molar-refractivity contribution in [2.24, 2.45) is 0 Å². The Kier molecular flexibility index (Phi) is 16.3. The quantitative estimate of drug-likeness (QED) is 0.0687. The molecule has 0 aliphatic carbocycles. The minimum absolute atomic E-state index is 0.0625. The molecule has 0 aromatic heterocycles. The fourth-order valence-corrected chi connectivity index (χ4v) is 5.32. The van der Waals surface area contributed by atoms with Crippen molar-refractivity contribution in [2.75, 3.05) is 19.7 Å². The third kappa shape index (κ3) is 13.9. The van der Waals surface area contributed by atoms with E-state index in [2.05, 4.69) is 10.6 Å². The lowest BCUT2D eigenvalue weighted by atomic mass is 10.1. The molecule has 3 unspecified atom stereocenters. The number of esters is 3. The number of unbranched alkanes of at least 4 members (excludes halogenated alkanes) is 2. The van der Waals surface area contributed by atoms with Crippen molar-refractivity contribution >= 4 is 32.3 Å². The summed E-state index contributed by atoms with van der Waals surface area (Å²) in [7, 11) is -3.25. The molecule has 2 N–H and O–H groups in total. The zero-order valence-electron chi connectivity index (χ0n) is 25.6. The summed E-state index contributed by atoms with van der Waals surface area (Å²) in [5.41, 5.74) is 1.24. The average molecular weight is 647 g/mol. The van der Waals surface area contributed by atoms with Crippen molar-refractivity contribution in [3.8, 4) is 0 Å². The number of nitrogens with one attached hydrogen (secondary N) is 2. The highest BCUT2D eigenvalue weighted by Gasteiger charge is 2.31. The first-order chi connectivity index (χ1) is 21.9. The van der Waals surface area contributed by atoms with Gasteiger partial charge in [-0.1, -0.05) is 61.9 Å². The van der Waals surface area contributed by atoms with Gasteiger partial charge in [-0.15, -0.1) is 0 Å². The molecule has 13 heteroatoms. The van der Waals surface area contributed by atoms with Crippen molar-refractivity contribution in [1.82, 2.24) is 10.6 Å². The molecular weight excluding hydrogens is 603 g/mol. The van der Waals surface area contributed by atoms with Gasteiger partial charge in [-0.25, -0.2) is 19.2 Å². The van der Waals surface area contributed by atoms with Gasteiger partial charge in [-0.2, -0.15) is 0 Å². The molecule has 1 heterocycles. The van der Waals surface area contributed by atoms with Crippen LogP contribution in [0.4, 0.5) is 4.79 Å². The molecular formula is C32H43N2O10P. The van der Waals surface area contributed by atoms with Gasteiger partial charge >= 0.3 is 32.3 Å². The molecule has 2 aromatic rings. The summed E-state index contributed by atoms with van der Waals surface area (Å²) in [5, 5.41) is 5.61. The summed E-state index contributed by atoms with van der Waals surface area (Å²) in [6.07, 6.45) is 1.70. The van der Waals surface area contributed by atoms with E-state index in [1.807, 2.05) is 37.3 Å². The number of carbonyl (C=O) groups is 4. The maximum absolute atomic E-state index is 12.9. The zero-order valence-corrected chi connectivity index (χ0v) is 26.6. The van der Waals surface area contributed by atoms with Crippen LogP contribution < -0.4 is 10.6 Å². The van der Waals surface area contributed by atoms with Crippen molar-refractivity contribution < 1.29 is 47.0 Å². The van der Waals surface area contributed by atoms with E-state index >= 15 is 0 Å². The lowest BCUT2D eigenvalue weighted by Crippen LogP contribution is -2.37. The summed E-state index contributed by atoms with van der Waals surface area (Å²) >= 11 is 0. The molecule has 0 saturated carbocycles. The molecule has 0 spiro atoms. The first kappa shape index (κ1) is 35.9. The molecule has 2 aromatic carbocycles. The van der Waals surface area contributed by atoms with Gasteiger partial charge < -0.3 is 29.4 Å². The topological polar surface area (TPSA) is 156 Å². The van der Waals surface area contributed by atoms with Gasteiger partial charge in [0.1, 0.15) is 18.8 Å². The number of benzene rings is 2. The number of carbonyl (C=O) groups excluding carboxylic acids is 4. The van der Waals surface area contributed by atoms with Crippen LogP contribution in [0.5, 0.6) is 0 Å². The van der Waals surface area contributed by atoms with E-state index in [0.717, 1.165) is 24.8 Å². The summed E-state index contributed by atoms with van der Waals surface area (Å²) in [4.78, 5) is 49.9. The van der Waals surface area contributed by atoms with Crippen LogP contribution in [-0.4, -0.2) is 61.9 Å². The summed E-state index contributed by atoms with van der Waals surface area (Å²) in [6, 6.07) is 17.2. The molecule has 1 saturated heterocycles. The Morgan fingerprint density at radius 3 is 2.40 bits per heavy atom. The molecule has 0 bridgehead atoms.